The van der Waals surface area contributed by atoms with Crippen molar-refractivity contribution in [3.63, 3.8) is 0 Å². The van der Waals surface area contributed by atoms with Crippen LogP contribution in [0.2, 0.25) is 0 Å². The summed E-state index contributed by atoms with van der Waals surface area (Å²) >= 11 is 0. The topological polar surface area (TPSA) is 39.7 Å². The molecule has 0 spiro atoms. The van der Waals surface area contributed by atoms with Gasteiger partial charge in [0, 0.05) is 30.2 Å². The van der Waals surface area contributed by atoms with Crippen LogP contribution in [0.3, 0.4) is 0 Å². The third kappa shape index (κ3) is 3.19. The van der Waals surface area contributed by atoms with Crippen LogP contribution < -0.4 is 14.8 Å². The molecule has 0 aromatic heterocycles. The number of rotatable bonds is 5. The van der Waals surface area contributed by atoms with E-state index in [1.807, 2.05) is 19.2 Å². The van der Waals surface area contributed by atoms with Crippen molar-refractivity contribution in [2.45, 2.75) is 18.9 Å². The number of hydrogen-bond acceptors (Lipinski definition) is 4. The molecule has 1 saturated heterocycles. The molecule has 0 bridgehead atoms. The molecular formula is C15H23NO3. The fourth-order valence-electron chi connectivity index (χ4n) is 2.75. The lowest BCUT2D eigenvalue weighted by Gasteiger charge is -2.31. The van der Waals surface area contributed by atoms with Crippen LogP contribution in [0.4, 0.5) is 0 Å². The number of methoxy groups -OCH3 is 2. The van der Waals surface area contributed by atoms with Gasteiger partial charge in [-0.15, -0.1) is 0 Å². The highest BCUT2D eigenvalue weighted by Gasteiger charge is 2.26. The molecule has 1 aliphatic heterocycles. The first kappa shape index (κ1) is 14.2. The largest absolute Gasteiger partial charge is 0.497 e. The molecular weight excluding hydrogens is 242 g/mol. The first-order valence-electron chi connectivity index (χ1n) is 6.77. The number of hydrogen-bond donors (Lipinski definition) is 1. The van der Waals surface area contributed by atoms with E-state index in [4.69, 9.17) is 14.2 Å². The van der Waals surface area contributed by atoms with Gasteiger partial charge in [0.1, 0.15) is 11.5 Å². The Kier molecular flexibility index (Phi) is 5.05. The monoisotopic (exact) mass is 265 g/mol. The van der Waals surface area contributed by atoms with Crippen LogP contribution in [0.5, 0.6) is 11.5 Å². The summed E-state index contributed by atoms with van der Waals surface area (Å²) in [7, 11) is 5.35. The van der Waals surface area contributed by atoms with Gasteiger partial charge in [-0.05, 0) is 26.0 Å². The minimum Gasteiger partial charge on any atom is -0.497 e. The van der Waals surface area contributed by atoms with Crippen LogP contribution in [-0.2, 0) is 4.74 Å². The normalized spacial score (nSPS) is 20.9. The van der Waals surface area contributed by atoms with E-state index < -0.39 is 0 Å². The van der Waals surface area contributed by atoms with Crippen LogP contribution in [0.25, 0.3) is 0 Å². The minimum absolute atomic E-state index is 0.251. The molecule has 0 aliphatic carbocycles. The van der Waals surface area contributed by atoms with E-state index in [0.717, 1.165) is 31.1 Å². The lowest BCUT2D eigenvalue weighted by atomic mass is 9.88. The summed E-state index contributed by atoms with van der Waals surface area (Å²) in [5.74, 6) is 2.17. The second-order valence-electron chi connectivity index (χ2n) is 4.85. The maximum Gasteiger partial charge on any atom is 0.127 e. The van der Waals surface area contributed by atoms with Crippen molar-refractivity contribution in [2.75, 3.05) is 34.5 Å². The zero-order valence-electron chi connectivity index (χ0n) is 11.9. The Morgan fingerprint density at radius 1 is 1.32 bits per heavy atom. The molecule has 4 nitrogen and oxygen atoms in total. The molecule has 106 valence electrons. The van der Waals surface area contributed by atoms with E-state index >= 15 is 0 Å². The average molecular weight is 265 g/mol. The van der Waals surface area contributed by atoms with Gasteiger partial charge in [-0.25, -0.2) is 0 Å². The zero-order chi connectivity index (χ0) is 13.7. The molecule has 1 N–H and O–H groups in total. The highest BCUT2D eigenvalue weighted by atomic mass is 16.5. The third-order valence-electron chi connectivity index (χ3n) is 3.75. The molecule has 1 heterocycles. The molecule has 2 rings (SSSR count). The summed E-state index contributed by atoms with van der Waals surface area (Å²) in [6.45, 7) is 1.69. The molecule has 4 heteroatoms. The van der Waals surface area contributed by atoms with E-state index in [-0.39, 0.29) is 6.04 Å². The predicted molar refractivity (Wildman–Crippen MR) is 74.9 cm³/mol. The van der Waals surface area contributed by atoms with Crippen LogP contribution in [0, 0.1) is 5.92 Å². The summed E-state index contributed by atoms with van der Waals surface area (Å²) in [6, 6.07) is 6.24. The van der Waals surface area contributed by atoms with Crippen LogP contribution >= 0.6 is 0 Å². The standard InChI is InChI=1S/C15H23NO3/c1-16-15(11-5-4-8-19-10-11)13-7-6-12(17-2)9-14(13)18-3/h6-7,9,11,15-16H,4-5,8,10H2,1-3H3. The van der Waals surface area contributed by atoms with Crippen molar-refractivity contribution >= 4 is 0 Å². The minimum atomic E-state index is 0.251. The first-order valence-corrected chi connectivity index (χ1v) is 6.77. The summed E-state index contributed by atoms with van der Waals surface area (Å²) in [5, 5.41) is 3.40. The van der Waals surface area contributed by atoms with Crippen molar-refractivity contribution in [2.24, 2.45) is 5.92 Å². The lowest BCUT2D eigenvalue weighted by Crippen LogP contribution is -2.31. The molecule has 0 saturated carbocycles. The van der Waals surface area contributed by atoms with Gasteiger partial charge in [0.15, 0.2) is 0 Å². The van der Waals surface area contributed by atoms with E-state index in [1.165, 1.54) is 12.0 Å². The zero-order valence-corrected chi connectivity index (χ0v) is 11.9. The third-order valence-corrected chi connectivity index (χ3v) is 3.75. The Hall–Kier alpha value is -1.26. The quantitative estimate of drug-likeness (QED) is 0.887. The summed E-state index contributed by atoms with van der Waals surface area (Å²) in [5.41, 5.74) is 1.17. The molecule has 19 heavy (non-hydrogen) atoms. The molecule has 1 fully saturated rings. The number of ether oxygens (including phenoxy) is 3. The van der Waals surface area contributed by atoms with Crippen molar-refractivity contribution in [3.05, 3.63) is 23.8 Å². The molecule has 1 aromatic rings. The summed E-state index contributed by atoms with van der Waals surface area (Å²) in [4.78, 5) is 0. The maximum atomic E-state index is 5.60. The first-order chi connectivity index (χ1) is 9.30. The Morgan fingerprint density at radius 3 is 2.74 bits per heavy atom. The molecule has 1 aliphatic rings. The predicted octanol–water partition coefficient (Wildman–Crippen LogP) is 2.39. The van der Waals surface area contributed by atoms with Crippen LogP contribution in [-0.4, -0.2) is 34.5 Å². The van der Waals surface area contributed by atoms with Gasteiger partial charge in [-0.2, -0.15) is 0 Å². The van der Waals surface area contributed by atoms with Gasteiger partial charge in [-0.3, -0.25) is 0 Å². The van der Waals surface area contributed by atoms with Crippen molar-refractivity contribution in [1.29, 1.82) is 0 Å². The Morgan fingerprint density at radius 2 is 2.16 bits per heavy atom. The maximum absolute atomic E-state index is 5.60. The van der Waals surface area contributed by atoms with Crippen molar-refractivity contribution in [1.82, 2.24) is 5.32 Å². The van der Waals surface area contributed by atoms with Gasteiger partial charge in [0.25, 0.3) is 0 Å². The van der Waals surface area contributed by atoms with Crippen molar-refractivity contribution < 1.29 is 14.2 Å². The van der Waals surface area contributed by atoms with Crippen LogP contribution in [0.15, 0.2) is 18.2 Å². The fraction of sp³-hybridized carbons (Fsp3) is 0.600. The molecule has 0 radical (unpaired) electrons. The van der Waals surface area contributed by atoms with Gasteiger partial charge in [0.2, 0.25) is 0 Å². The fourth-order valence-corrected chi connectivity index (χ4v) is 2.75. The van der Waals surface area contributed by atoms with E-state index in [1.54, 1.807) is 14.2 Å². The van der Waals surface area contributed by atoms with E-state index in [0.29, 0.717) is 5.92 Å². The summed E-state index contributed by atoms with van der Waals surface area (Å²) < 4.78 is 16.3. The lowest BCUT2D eigenvalue weighted by molar-refractivity contribution is 0.0398. The van der Waals surface area contributed by atoms with Gasteiger partial charge < -0.3 is 19.5 Å². The Bertz CT molecular complexity index is 402. The number of benzene rings is 1. The van der Waals surface area contributed by atoms with E-state index in [9.17, 15) is 0 Å². The second-order valence-corrected chi connectivity index (χ2v) is 4.85. The van der Waals surface area contributed by atoms with Crippen LogP contribution in [0.1, 0.15) is 24.4 Å². The van der Waals surface area contributed by atoms with Gasteiger partial charge >= 0.3 is 0 Å². The second kappa shape index (κ2) is 6.78. The average Bonchev–Trinajstić information content (AvgIpc) is 2.49. The smallest absolute Gasteiger partial charge is 0.127 e. The Balaban J connectivity index is 2.26. The molecule has 2 atom stereocenters. The molecule has 1 aromatic carbocycles. The summed E-state index contributed by atoms with van der Waals surface area (Å²) in [6.07, 6.45) is 2.31. The van der Waals surface area contributed by atoms with Crippen molar-refractivity contribution in [3.8, 4) is 11.5 Å². The van der Waals surface area contributed by atoms with E-state index in [2.05, 4.69) is 11.4 Å². The molecule has 0 amide bonds. The number of nitrogens with one attached hydrogen (secondary N) is 1. The van der Waals surface area contributed by atoms with Gasteiger partial charge in [-0.1, -0.05) is 6.07 Å². The van der Waals surface area contributed by atoms with Gasteiger partial charge in [0.05, 0.1) is 20.8 Å². The highest BCUT2D eigenvalue weighted by molar-refractivity contribution is 5.42. The highest BCUT2D eigenvalue weighted by Crippen LogP contribution is 2.35. The SMILES string of the molecule is CNC(c1ccc(OC)cc1OC)C1CCCOC1. The Labute approximate surface area is 115 Å². The molecule has 2 unspecified atom stereocenters.